The number of hydrogen-bond acceptors (Lipinski definition) is 4. The first-order valence-electron chi connectivity index (χ1n) is 4.25. The number of nitrogens with zero attached hydrogens (tertiary/aromatic N) is 1. The minimum atomic E-state index is -4.88. The van der Waals surface area contributed by atoms with Crippen molar-refractivity contribution in [3.63, 3.8) is 0 Å². The fourth-order valence-electron chi connectivity index (χ4n) is 1.03. The molecule has 0 aliphatic heterocycles. The quantitative estimate of drug-likeness (QED) is 0.601. The number of hydrogen-bond donors (Lipinski definition) is 0. The van der Waals surface area contributed by atoms with E-state index >= 15 is 0 Å². The molecule has 0 unspecified atom stereocenters. The molecule has 1 aromatic rings. The number of ether oxygens (including phenoxy) is 2. The minimum Gasteiger partial charge on any atom is -0.465 e. The summed E-state index contributed by atoms with van der Waals surface area (Å²) >= 11 is 1.62. The largest absolute Gasteiger partial charge is 0.573 e. The highest BCUT2D eigenvalue weighted by atomic mass is 127. The third-order valence-corrected chi connectivity index (χ3v) is 3.04. The van der Waals surface area contributed by atoms with Crippen LogP contribution >= 0.6 is 22.6 Å². The normalized spacial score (nSPS) is 11.2. The second kappa shape index (κ2) is 5.07. The van der Waals surface area contributed by atoms with Crippen molar-refractivity contribution in [2.24, 2.45) is 0 Å². The van der Waals surface area contributed by atoms with Gasteiger partial charge in [-0.3, -0.25) is 4.98 Å². The Labute approximate surface area is 108 Å². The van der Waals surface area contributed by atoms with E-state index in [2.05, 4.69) is 14.5 Å². The van der Waals surface area contributed by atoms with Gasteiger partial charge in [0, 0.05) is 6.20 Å². The number of pyridine rings is 1. The number of alkyl halides is 3. The molecule has 0 fully saturated rings. The molecular weight excluding hydrogens is 354 g/mol. The Bertz CT molecular complexity index is 448. The topological polar surface area (TPSA) is 48.4 Å². The molecule has 1 heterocycles. The zero-order valence-electron chi connectivity index (χ0n) is 8.76. The molecule has 0 aliphatic carbocycles. The van der Waals surface area contributed by atoms with Crippen LogP contribution in [-0.4, -0.2) is 24.4 Å². The molecule has 0 radical (unpaired) electrons. The maximum absolute atomic E-state index is 12.2. The second-order valence-corrected chi connectivity index (χ2v) is 4.02. The van der Waals surface area contributed by atoms with Crippen molar-refractivity contribution in [3.8, 4) is 5.75 Å². The maximum atomic E-state index is 12.2. The SMILES string of the molecule is COC(=O)c1cnc(C)c(I)c1OC(F)(F)F. The molecule has 0 spiro atoms. The van der Waals surface area contributed by atoms with Crippen LogP contribution in [0.1, 0.15) is 16.1 Å². The molecule has 0 saturated heterocycles. The third kappa shape index (κ3) is 3.45. The molecule has 0 amide bonds. The van der Waals surface area contributed by atoms with Crippen LogP contribution in [0.3, 0.4) is 0 Å². The van der Waals surface area contributed by atoms with E-state index in [4.69, 9.17) is 0 Å². The Kier molecular flexibility index (Phi) is 4.17. The summed E-state index contributed by atoms with van der Waals surface area (Å²) in [6.45, 7) is 1.51. The number of aromatic nitrogens is 1. The van der Waals surface area contributed by atoms with Gasteiger partial charge in [0.15, 0.2) is 5.75 Å². The fourth-order valence-corrected chi connectivity index (χ4v) is 1.57. The van der Waals surface area contributed by atoms with Crippen molar-refractivity contribution >= 4 is 28.6 Å². The summed E-state index contributed by atoms with van der Waals surface area (Å²) in [5.74, 6) is -1.52. The first kappa shape index (κ1) is 14.0. The van der Waals surface area contributed by atoms with Crippen LogP contribution in [0.25, 0.3) is 0 Å². The summed E-state index contributed by atoms with van der Waals surface area (Å²) in [7, 11) is 1.06. The van der Waals surface area contributed by atoms with Gasteiger partial charge in [-0.25, -0.2) is 4.79 Å². The molecule has 17 heavy (non-hydrogen) atoms. The highest BCUT2D eigenvalue weighted by Crippen LogP contribution is 2.32. The Morgan fingerprint density at radius 1 is 1.47 bits per heavy atom. The lowest BCUT2D eigenvalue weighted by Gasteiger charge is -2.14. The van der Waals surface area contributed by atoms with E-state index in [1.165, 1.54) is 6.92 Å². The number of methoxy groups -OCH3 is 1. The van der Waals surface area contributed by atoms with Gasteiger partial charge in [-0.2, -0.15) is 0 Å². The maximum Gasteiger partial charge on any atom is 0.573 e. The van der Waals surface area contributed by atoms with Crippen LogP contribution in [-0.2, 0) is 4.74 Å². The molecule has 0 saturated carbocycles. The van der Waals surface area contributed by atoms with Gasteiger partial charge in [0.2, 0.25) is 0 Å². The number of carbonyl (C=O) groups excluding carboxylic acids is 1. The lowest BCUT2D eigenvalue weighted by Crippen LogP contribution is -2.21. The second-order valence-electron chi connectivity index (χ2n) is 2.94. The van der Waals surface area contributed by atoms with Crippen LogP contribution in [0, 0.1) is 10.5 Å². The van der Waals surface area contributed by atoms with Crippen molar-refractivity contribution in [3.05, 3.63) is 21.0 Å². The van der Waals surface area contributed by atoms with Crippen LogP contribution in [0.4, 0.5) is 13.2 Å². The molecule has 0 N–H and O–H groups in total. The van der Waals surface area contributed by atoms with Crippen molar-refractivity contribution in [1.82, 2.24) is 4.98 Å². The predicted octanol–water partition coefficient (Wildman–Crippen LogP) is 2.68. The van der Waals surface area contributed by atoms with Crippen molar-refractivity contribution in [2.45, 2.75) is 13.3 Å². The van der Waals surface area contributed by atoms with Gasteiger partial charge >= 0.3 is 12.3 Å². The van der Waals surface area contributed by atoms with Crippen molar-refractivity contribution in [1.29, 1.82) is 0 Å². The van der Waals surface area contributed by atoms with E-state index in [1.807, 2.05) is 0 Å². The van der Waals surface area contributed by atoms with E-state index in [0.29, 0.717) is 5.69 Å². The van der Waals surface area contributed by atoms with Gasteiger partial charge < -0.3 is 9.47 Å². The van der Waals surface area contributed by atoms with E-state index in [-0.39, 0.29) is 9.13 Å². The van der Waals surface area contributed by atoms with Gasteiger partial charge in [-0.1, -0.05) is 0 Å². The van der Waals surface area contributed by atoms with Crippen molar-refractivity contribution in [2.75, 3.05) is 7.11 Å². The summed E-state index contributed by atoms with van der Waals surface area (Å²) in [6, 6.07) is 0. The Morgan fingerprint density at radius 2 is 2.06 bits per heavy atom. The summed E-state index contributed by atoms with van der Waals surface area (Å²) < 4.78 is 44.9. The molecule has 1 aromatic heterocycles. The highest BCUT2D eigenvalue weighted by molar-refractivity contribution is 14.1. The number of halogens is 4. The zero-order valence-corrected chi connectivity index (χ0v) is 10.9. The molecule has 0 atom stereocenters. The standard InChI is InChI=1S/C9H7F3INO3/c1-4-6(13)7(17-9(10,11)12)5(3-14-4)8(15)16-2/h3H,1-2H3. The van der Waals surface area contributed by atoms with Gasteiger partial charge in [0.1, 0.15) is 5.56 Å². The highest BCUT2D eigenvalue weighted by Gasteiger charge is 2.34. The molecule has 0 bridgehead atoms. The first-order chi connectivity index (χ1) is 7.76. The number of rotatable bonds is 2. The van der Waals surface area contributed by atoms with Crippen LogP contribution in [0.5, 0.6) is 5.75 Å². The first-order valence-corrected chi connectivity index (χ1v) is 5.33. The molecule has 0 aliphatic rings. The summed E-state index contributed by atoms with van der Waals surface area (Å²) in [5, 5.41) is 0. The van der Waals surface area contributed by atoms with E-state index in [9.17, 15) is 18.0 Å². The Balaban J connectivity index is 3.31. The monoisotopic (exact) mass is 361 g/mol. The predicted molar refractivity (Wildman–Crippen MR) is 59.7 cm³/mol. The van der Waals surface area contributed by atoms with E-state index in [1.54, 1.807) is 22.6 Å². The Hall–Kier alpha value is -1.06. The van der Waals surface area contributed by atoms with Crippen LogP contribution in [0.2, 0.25) is 0 Å². The fraction of sp³-hybridized carbons (Fsp3) is 0.333. The Morgan fingerprint density at radius 3 is 2.53 bits per heavy atom. The summed E-state index contributed by atoms with van der Waals surface area (Å²) in [4.78, 5) is 15.1. The van der Waals surface area contributed by atoms with Gasteiger partial charge in [-0.05, 0) is 29.5 Å². The molecule has 4 nitrogen and oxygen atoms in total. The minimum absolute atomic E-state index is 0.114. The van der Waals surface area contributed by atoms with E-state index in [0.717, 1.165) is 13.3 Å². The van der Waals surface area contributed by atoms with E-state index < -0.39 is 18.1 Å². The zero-order chi connectivity index (χ0) is 13.2. The van der Waals surface area contributed by atoms with Gasteiger partial charge in [-0.15, -0.1) is 13.2 Å². The van der Waals surface area contributed by atoms with Gasteiger partial charge in [0.25, 0.3) is 0 Å². The van der Waals surface area contributed by atoms with Crippen LogP contribution in [0.15, 0.2) is 6.20 Å². The summed E-state index contributed by atoms with van der Waals surface area (Å²) in [5.41, 5.74) is -0.0303. The molecule has 0 aromatic carbocycles. The lowest BCUT2D eigenvalue weighted by atomic mass is 10.2. The third-order valence-electron chi connectivity index (χ3n) is 1.77. The molecular formula is C9H7F3INO3. The lowest BCUT2D eigenvalue weighted by molar-refractivity contribution is -0.275. The summed E-state index contributed by atoms with van der Waals surface area (Å²) in [6.07, 6.45) is -3.89. The molecule has 8 heteroatoms. The van der Waals surface area contributed by atoms with Crippen molar-refractivity contribution < 1.29 is 27.4 Å². The van der Waals surface area contributed by atoms with Gasteiger partial charge in [0.05, 0.1) is 16.4 Å². The average Bonchev–Trinajstić information content (AvgIpc) is 2.22. The average molecular weight is 361 g/mol. The number of carbonyl (C=O) groups is 1. The smallest absolute Gasteiger partial charge is 0.465 e. The molecule has 94 valence electrons. The molecule has 1 rings (SSSR count). The van der Waals surface area contributed by atoms with Crippen LogP contribution < -0.4 is 4.74 Å². The number of esters is 1. The number of aryl methyl sites for hydroxylation is 1.